The van der Waals surface area contributed by atoms with E-state index in [1.807, 2.05) is 31.2 Å². The Balaban J connectivity index is 1.19. The second kappa shape index (κ2) is 8.91. The van der Waals surface area contributed by atoms with E-state index in [-0.39, 0.29) is 6.79 Å². The molecule has 7 heteroatoms. The SMILES string of the molecule is Cc1oc(-c2cc3c(cc2Cl)OCO3)nc1CN1CCC(OCc2ccccc2)CC1. The number of fused-ring (bicyclic) bond motifs is 1. The lowest BCUT2D eigenvalue weighted by atomic mass is 10.1. The number of likely N-dealkylation sites (tertiary alicyclic amines) is 1. The Kier molecular flexibility index (Phi) is 5.85. The maximum Gasteiger partial charge on any atom is 0.231 e. The van der Waals surface area contributed by atoms with Gasteiger partial charge in [0.1, 0.15) is 5.76 Å². The Bertz CT molecular complexity index is 1050. The summed E-state index contributed by atoms with van der Waals surface area (Å²) in [6.45, 7) is 5.53. The van der Waals surface area contributed by atoms with Crippen LogP contribution in [0.1, 0.15) is 29.9 Å². The Morgan fingerprint density at radius 1 is 1.10 bits per heavy atom. The van der Waals surface area contributed by atoms with Crippen LogP contribution in [0.5, 0.6) is 11.5 Å². The first-order valence-electron chi connectivity index (χ1n) is 10.6. The Hall–Kier alpha value is -2.54. The molecule has 2 aromatic carbocycles. The molecule has 2 aliphatic heterocycles. The fourth-order valence-electron chi connectivity index (χ4n) is 4.01. The third-order valence-electron chi connectivity index (χ3n) is 5.82. The van der Waals surface area contributed by atoms with Gasteiger partial charge >= 0.3 is 0 Å². The van der Waals surface area contributed by atoms with E-state index in [2.05, 4.69) is 17.0 Å². The number of benzene rings is 2. The van der Waals surface area contributed by atoms with Crippen molar-refractivity contribution in [1.29, 1.82) is 0 Å². The molecule has 31 heavy (non-hydrogen) atoms. The molecule has 162 valence electrons. The zero-order valence-electron chi connectivity index (χ0n) is 17.5. The summed E-state index contributed by atoms with van der Waals surface area (Å²) >= 11 is 6.43. The predicted octanol–water partition coefficient (Wildman–Crippen LogP) is 5.21. The Labute approximate surface area is 186 Å². The van der Waals surface area contributed by atoms with Gasteiger partial charge in [-0.25, -0.2) is 4.98 Å². The second-order valence-corrected chi connectivity index (χ2v) is 8.39. The minimum absolute atomic E-state index is 0.204. The Morgan fingerprint density at radius 3 is 2.61 bits per heavy atom. The summed E-state index contributed by atoms with van der Waals surface area (Å²) < 4.78 is 22.9. The average Bonchev–Trinajstić information content (AvgIpc) is 3.39. The first-order chi connectivity index (χ1) is 15.2. The minimum Gasteiger partial charge on any atom is -0.454 e. The molecular weight excluding hydrogens is 416 g/mol. The van der Waals surface area contributed by atoms with Crippen molar-refractivity contribution in [2.24, 2.45) is 0 Å². The summed E-state index contributed by atoms with van der Waals surface area (Å²) in [7, 11) is 0. The number of hydrogen-bond acceptors (Lipinski definition) is 6. The van der Waals surface area contributed by atoms with E-state index in [4.69, 9.17) is 35.2 Å². The summed E-state index contributed by atoms with van der Waals surface area (Å²) in [6.07, 6.45) is 2.34. The van der Waals surface area contributed by atoms with Crippen molar-refractivity contribution in [2.75, 3.05) is 19.9 Å². The van der Waals surface area contributed by atoms with Gasteiger partial charge in [-0.15, -0.1) is 0 Å². The smallest absolute Gasteiger partial charge is 0.231 e. The van der Waals surface area contributed by atoms with Gasteiger partial charge in [0.15, 0.2) is 11.5 Å². The van der Waals surface area contributed by atoms with Gasteiger partial charge in [-0.05, 0) is 31.4 Å². The molecule has 1 fully saturated rings. The van der Waals surface area contributed by atoms with E-state index in [9.17, 15) is 0 Å². The van der Waals surface area contributed by atoms with Crippen molar-refractivity contribution < 1.29 is 18.6 Å². The van der Waals surface area contributed by atoms with Crippen molar-refractivity contribution in [1.82, 2.24) is 9.88 Å². The molecule has 6 nitrogen and oxygen atoms in total. The highest BCUT2D eigenvalue weighted by atomic mass is 35.5. The summed E-state index contributed by atoms with van der Waals surface area (Å²) in [5.74, 6) is 2.63. The highest BCUT2D eigenvalue weighted by molar-refractivity contribution is 6.33. The Morgan fingerprint density at radius 2 is 1.84 bits per heavy atom. The van der Waals surface area contributed by atoms with Crippen molar-refractivity contribution >= 4 is 11.6 Å². The molecule has 0 atom stereocenters. The minimum atomic E-state index is 0.204. The molecular formula is C24H25ClN2O4. The van der Waals surface area contributed by atoms with Gasteiger partial charge in [-0.3, -0.25) is 4.90 Å². The van der Waals surface area contributed by atoms with Crippen LogP contribution >= 0.6 is 11.6 Å². The highest BCUT2D eigenvalue weighted by Crippen LogP contribution is 2.41. The van der Waals surface area contributed by atoms with E-state index in [0.29, 0.717) is 40.7 Å². The topological polar surface area (TPSA) is 57.0 Å². The van der Waals surface area contributed by atoms with Gasteiger partial charge < -0.3 is 18.6 Å². The molecule has 0 aliphatic carbocycles. The molecule has 0 unspecified atom stereocenters. The predicted molar refractivity (Wildman–Crippen MR) is 117 cm³/mol. The van der Waals surface area contributed by atoms with Crippen LogP contribution in [0.4, 0.5) is 0 Å². The molecule has 0 saturated carbocycles. The molecule has 3 aromatic rings. The molecule has 1 aromatic heterocycles. The van der Waals surface area contributed by atoms with Crippen molar-refractivity contribution in [3.05, 3.63) is 64.5 Å². The van der Waals surface area contributed by atoms with Crippen LogP contribution in [0.15, 0.2) is 46.9 Å². The van der Waals surface area contributed by atoms with E-state index >= 15 is 0 Å². The number of ether oxygens (including phenoxy) is 3. The van der Waals surface area contributed by atoms with Crippen LogP contribution in [-0.2, 0) is 17.9 Å². The van der Waals surface area contributed by atoms with Crippen LogP contribution in [-0.4, -0.2) is 35.9 Å². The first-order valence-corrected chi connectivity index (χ1v) is 11.0. The molecule has 1 saturated heterocycles. The van der Waals surface area contributed by atoms with E-state index in [1.54, 1.807) is 6.07 Å². The zero-order valence-corrected chi connectivity index (χ0v) is 18.2. The standard InChI is InChI=1S/C24H25ClN2O4/c1-16-21(26-24(31-16)19-11-22-23(12-20(19)25)30-15-29-22)13-27-9-7-18(8-10-27)28-14-17-5-3-2-4-6-17/h2-6,11-12,18H,7-10,13-15H2,1H3. The van der Waals surface area contributed by atoms with Gasteiger partial charge in [-0.1, -0.05) is 41.9 Å². The van der Waals surface area contributed by atoms with Crippen LogP contribution in [0.25, 0.3) is 11.5 Å². The van der Waals surface area contributed by atoms with Gasteiger partial charge in [0.2, 0.25) is 12.7 Å². The summed E-state index contributed by atoms with van der Waals surface area (Å²) in [5, 5.41) is 0.536. The van der Waals surface area contributed by atoms with Crippen LogP contribution in [0, 0.1) is 6.92 Å². The molecule has 0 spiro atoms. The van der Waals surface area contributed by atoms with Crippen molar-refractivity contribution in [2.45, 2.75) is 39.0 Å². The van der Waals surface area contributed by atoms with Gasteiger partial charge in [-0.2, -0.15) is 0 Å². The molecule has 3 heterocycles. The zero-order chi connectivity index (χ0) is 21.2. The summed E-state index contributed by atoms with van der Waals surface area (Å²) in [6, 6.07) is 13.9. The molecule has 0 N–H and O–H groups in total. The quantitative estimate of drug-likeness (QED) is 0.524. The number of hydrogen-bond donors (Lipinski definition) is 0. The second-order valence-electron chi connectivity index (χ2n) is 7.98. The monoisotopic (exact) mass is 440 g/mol. The largest absolute Gasteiger partial charge is 0.454 e. The summed E-state index contributed by atoms with van der Waals surface area (Å²) in [4.78, 5) is 7.14. The fourth-order valence-corrected chi connectivity index (χ4v) is 4.24. The molecule has 2 aliphatic rings. The van der Waals surface area contributed by atoms with E-state index in [1.165, 1.54) is 5.56 Å². The summed E-state index contributed by atoms with van der Waals surface area (Å²) in [5.41, 5.74) is 2.87. The third-order valence-corrected chi connectivity index (χ3v) is 6.13. The highest BCUT2D eigenvalue weighted by Gasteiger charge is 2.24. The average molecular weight is 441 g/mol. The first kappa shape index (κ1) is 20.4. The van der Waals surface area contributed by atoms with Crippen LogP contribution < -0.4 is 9.47 Å². The normalized spacial score (nSPS) is 16.7. The van der Waals surface area contributed by atoms with Crippen LogP contribution in [0.2, 0.25) is 5.02 Å². The number of aryl methyl sites for hydroxylation is 1. The maximum atomic E-state index is 6.43. The lowest BCUT2D eigenvalue weighted by Gasteiger charge is -2.31. The lowest BCUT2D eigenvalue weighted by molar-refractivity contribution is -0.00418. The number of piperidine rings is 1. The molecule has 5 rings (SSSR count). The maximum absolute atomic E-state index is 6.43. The van der Waals surface area contributed by atoms with Crippen molar-refractivity contribution in [3.63, 3.8) is 0 Å². The van der Waals surface area contributed by atoms with E-state index in [0.717, 1.165) is 43.9 Å². The number of nitrogens with zero attached hydrogens (tertiary/aromatic N) is 2. The fraction of sp³-hybridized carbons (Fsp3) is 0.375. The number of halogens is 1. The van der Waals surface area contributed by atoms with Crippen molar-refractivity contribution in [3.8, 4) is 23.0 Å². The van der Waals surface area contributed by atoms with Gasteiger partial charge in [0.25, 0.3) is 0 Å². The lowest BCUT2D eigenvalue weighted by Crippen LogP contribution is -2.36. The molecule has 0 radical (unpaired) electrons. The van der Waals surface area contributed by atoms with Crippen LogP contribution in [0.3, 0.4) is 0 Å². The molecule has 0 bridgehead atoms. The number of rotatable bonds is 6. The van der Waals surface area contributed by atoms with Gasteiger partial charge in [0.05, 0.1) is 29.0 Å². The molecule has 0 amide bonds. The number of aromatic nitrogens is 1. The van der Waals surface area contributed by atoms with E-state index < -0.39 is 0 Å². The number of oxazole rings is 1. The van der Waals surface area contributed by atoms with Gasteiger partial charge in [0, 0.05) is 25.7 Å². The third kappa shape index (κ3) is 4.56.